The van der Waals surface area contributed by atoms with Gasteiger partial charge in [-0.2, -0.15) is 0 Å². The maximum Gasteiger partial charge on any atom is 0.338 e. The van der Waals surface area contributed by atoms with E-state index in [4.69, 9.17) is 4.74 Å². The number of hydrogen-bond acceptors (Lipinski definition) is 5. The molecule has 0 saturated carbocycles. The van der Waals surface area contributed by atoms with Crippen LogP contribution in [0.2, 0.25) is 0 Å². The lowest BCUT2D eigenvalue weighted by Crippen LogP contribution is -2.36. The number of hydrogen-bond donors (Lipinski definition) is 2. The van der Waals surface area contributed by atoms with E-state index in [2.05, 4.69) is 10.6 Å². The number of rotatable bonds is 6. The van der Waals surface area contributed by atoms with Gasteiger partial charge >= 0.3 is 5.97 Å². The van der Waals surface area contributed by atoms with Crippen LogP contribution in [-0.4, -0.2) is 36.2 Å². The fourth-order valence-electron chi connectivity index (χ4n) is 2.19. The molecule has 0 bridgehead atoms. The van der Waals surface area contributed by atoms with Crippen molar-refractivity contribution in [1.82, 2.24) is 5.32 Å². The van der Waals surface area contributed by atoms with E-state index in [9.17, 15) is 14.4 Å². The topological polar surface area (TPSA) is 84.5 Å². The lowest BCUT2D eigenvalue weighted by atomic mass is 10.2. The van der Waals surface area contributed by atoms with Crippen LogP contribution >= 0.6 is 11.8 Å². The van der Waals surface area contributed by atoms with Crippen molar-refractivity contribution in [3.8, 4) is 0 Å². The van der Waals surface area contributed by atoms with E-state index in [1.165, 1.54) is 11.8 Å². The van der Waals surface area contributed by atoms with Crippen LogP contribution in [0.15, 0.2) is 23.1 Å². The molecule has 1 aliphatic heterocycles. The summed E-state index contributed by atoms with van der Waals surface area (Å²) < 4.78 is 5.03. The average Bonchev–Trinajstić information content (AvgIpc) is 2.56. The van der Waals surface area contributed by atoms with Crippen LogP contribution in [-0.2, 0) is 14.3 Å². The molecule has 1 aliphatic rings. The molecule has 7 heteroatoms. The van der Waals surface area contributed by atoms with Crippen molar-refractivity contribution >= 4 is 35.2 Å². The first-order chi connectivity index (χ1) is 11.0. The predicted molar refractivity (Wildman–Crippen MR) is 88.6 cm³/mol. The van der Waals surface area contributed by atoms with Gasteiger partial charge in [0, 0.05) is 10.9 Å². The number of ether oxygens (including phenoxy) is 1. The van der Waals surface area contributed by atoms with Gasteiger partial charge in [0.1, 0.15) is 0 Å². The van der Waals surface area contributed by atoms with Gasteiger partial charge in [-0.1, -0.05) is 13.8 Å². The lowest BCUT2D eigenvalue weighted by molar-refractivity contribution is -0.125. The molecule has 1 aromatic rings. The van der Waals surface area contributed by atoms with Crippen molar-refractivity contribution in [3.63, 3.8) is 0 Å². The van der Waals surface area contributed by atoms with Crippen LogP contribution in [0, 0.1) is 0 Å². The second-order valence-corrected chi connectivity index (χ2v) is 6.22. The minimum absolute atomic E-state index is 0.0946. The second kappa shape index (κ2) is 8.01. The molecule has 2 rings (SSSR count). The molecule has 23 heavy (non-hydrogen) atoms. The standard InChI is InChI=1S/C16H20N2O4S/c1-3-11(4-2)17-14(19)8-22-16(21)10-5-6-13-12(7-10)18-15(20)9-23-13/h5-7,11H,3-4,8-9H2,1-2H3,(H,17,19)(H,18,20). The Morgan fingerprint density at radius 1 is 1.35 bits per heavy atom. The Morgan fingerprint density at radius 2 is 2.09 bits per heavy atom. The van der Waals surface area contributed by atoms with Crippen LogP contribution in [0.25, 0.3) is 0 Å². The molecule has 0 unspecified atom stereocenters. The molecule has 2 N–H and O–H groups in total. The number of amides is 2. The Hall–Kier alpha value is -2.02. The van der Waals surface area contributed by atoms with Gasteiger partial charge in [-0.25, -0.2) is 4.79 Å². The molecular formula is C16H20N2O4S. The van der Waals surface area contributed by atoms with Crippen LogP contribution in [0.4, 0.5) is 5.69 Å². The minimum atomic E-state index is -0.586. The number of benzene rings is 1. The van der Waals surface area contributed by atoms with Gasteiger partial charge < -0.3 is 15.4 Å². The molecule has 0 radical (unpaired) electrons. The molecule has 6 nitrogen and oxygen atoms in total. The van der Waals surface area contributed by atoms with Gasteiger partial charge in [-0.15, -0.1) is 11.8 Å². The van der Waals surface area contributed by atoms with Crippen LogP contribution in [0.1, 0.15) is 37.0 Å². The Morgan fingerprint density at radius 3 is 2.78 bits per heavy atom. The van der Waals surface area contributed by atoms with Crippen molar-refractivity contribution < 1.29 is 19.1 Å². The minimum Gasteiger partial charge on any atom is -0.452 e. The summed E-state index contributed by atoms with van der Waals surface area (Å²) in [5, 5.41) is 5.52. The zero-order valence-electron chi connectivity index (χ0n) is 13.2. The molecule has 2 amide bonds. The summed E-state index contributed by atoms with van der Waals surface area (Å²) >= 11 is 1.42. The Labute approximate surface area is 139 Å². The largest absolute Gasteiger partial charge is 0.452 e. The van der Waals surface area contributed by atoms with Crippen molar-refractivity contribution in [2.24, 2.45) is 0 Å². The van der Waals surface area contributed by atoms with E-state index >= 15 is 0 Å². The summed E-state index contributed by atoms with van der Waals surface area (Å²) in [4.78, 5) is 36.0. The highest BCUT2D eigenvalue weighted by Gasteiger charge is 2.18. The summed E-state index contributed by atoms with van der Waals surface area (Å²) in [5.74, 6) is -0.628. The lowest BCUT2D eigenvalue weighted by Gasteiger charge is -2.17. The number of fused-ring (bicyclic) bond motifs is 1. The molecule has 0 atom stereocenters. The zero-order chi connectivity index (χ0) is 16.8. The monoisotopic (exact) mass is 336 g/mol. The fraction of sp³-hybridized carbons (Fsp3) is 0.438. The maximum absolute atomic E-state index is 12.0. The number of carbonyl (C=O) groups excluding carboxylic acids is 3. The number of anilines is 1. The number of thioether (sulfide) groups is 1. The van der Waals surface area contributed by atoms with Gasteiger partial charge in [-0.3, -0.25) is 9.59 Å². The first kappa shape index (κ1) is 17.3. The van der Waals surface area contributed by atoms with Crippen LogP contribution < -0.4 is 10.6 Å². The van der Waals surface area contributed by atoms with Gasteiger partial charge in [0.15, 0.2) is 6.61 Å². The molecular weight excluding hydrogens is 316 g/mol. The molecule has 0 fully saturated rings. The van der Waals surface area contributed by atoms with Crippen LogP contribution in [0.5, 0.6) is 0 Å². The number of carbonyl (C=O) groups is 3. The normalized spacial score (nSPS) is 13.3. The Kier molecular flexibility index (Phi) is 6.04. The predicted octanol–water partition coefficient (Wildman–Crippen LogP) is 2.19. The maximum atomic E-state index is 12.0. The fourth-order valence-corrected chi connectivity index (χ4v) is 2.98. The van der Waals surface area contributed by atoms with Crippen molar-refractivity contribution in [1.29, 1.82) is 0 Å². The van der Waals surface area contributed by atoms with Gasteiger partial charge in [0.2, 0.25) is 5.91 Å². The van der Waals surface area contributed by atoms with Crippen molar-refractivity contribution in [2.45, 2.75) is 37.6 Å². The smallest absolute Gasteiger partial charge is 0.338 e. The molecule has 0 saturated heterocycles. The highest BCUT2D eigenvalue weighted by atomic mass is 32.2. The van der Waals surface area contributed by atoms with Gasteiger partial charge in [-0.05, 0) is 31.0 Å². The number of nitrogens with one attached hydrogen (secondary N) is 2. The zero-order valence-corrected chi connectivity index (χ0v) is 14.0. The third-order valence-corrected chi connectivity index (χ3v) is 4.61. The molecule has 124 valence electrons. The Bertz CT molecular complexity index is 614. The molecule has 0 aliphatic carbocycles. The Balaban J connectivity index is 1.92. The van der Waals surface area contributed by atoms with Gasteiger partial charge in [0.25, 0.3) is 5.91 Å². The molecule has 0 spiro atoms. The summed E-state index contributed by atoms with van der Waals surface area (Å²) in [7, 11) is 0. The first-order valence-corrected chi connectivity index (χ1v) is 8.55. The summed E-state index contributed by atoms with van der Waals surface area (Å²) in [5.41, 5.74) is 0.907. The van der Waals surface area contributed by atoms with E-state index < -0.39 is 5.97 Å². The molecule has 0 aromatic heterocycles. The molecule has 1 heterocycles. The summed E-state index contributed by atoms with van der Waals surface area (Å²) in [6, 6.07) is 5.06. The highest BCUT2D eigenvalue weighted by molar-refractivity contribution is 8.00. The van der Waals surface area contributed by atoms with Crippen molar-refractivity contribution in [2.75, 3.05) is 17.7 Å². The van der Waals surface area contributed by atoms with Crippen LogP contribution in [0.3, 0.4) is 0 Å². The highest BCUT2D eigenvalue weighted by Crippen LogP contribution is 2.32. The first-order valence-electron chi connectivity index (χ1n) is 7.56. The number of esters is 1. The van der Waals surface area contributed by atoms with E-state index in [0.717, 1.165) is 17.7 Å². The van der Waals surface area contributed by atoms with E-state index in [1.54, 1.807) is 18.2 Å². The summed E-state index contributed by atoms with van der Waals surface area (Å²) in [6.45, 7) is 3.66. The quantitative estimate of drug-likeness (QED) is 0.778. The summed E-state index contributed by atoms with van der Waals surface area (Å²) in [6.07, 6.45) is 1.66. The van der Waals surface area contributed by atoms with Crippen molar-refractivity contribution in [3.05, 3.63) is 23.8 Å². The van der Waals surface area contributed by atoms with E-state index in [-0.39, 0.29) is 24.5 Å². The third kappa shape index (κ3) is 4.72. The molecule has 1 aromatic carbocycles. The van der Waals surface area contributed by atoms with E-state index in [1.807, 2.05) is 13.8 Å². The average molecular weight is 336 g/mol. The van der Waals surface area contributed by atoms with E-state index in [0.29, 0.717) is 17.0 Å². The third-order valence-electron chi connectivity index (χ3n) is 3.53. The second-order valence-electron chi connectivity index (χ2n) is 5.20. The van der Waals surface area contributed by atoms with Gasteiger partial charge in [0.05, 0.1) is 17.0 Å². The SMILES string of the molecule is CCC(CC)NC(=O)COC(=O)c1ccc2c(c1)NC(=O)CS2.